The molecule has 0 bridgehead atoms. The van der Waals surface area contributed by atoms with Gasteiger partial charge in [-0.15, -0.1) is 0 Å². The monoisotopic (exact) mass is 686 g/mol. The van der Waals surface area contributed by atoms with Crippen molar-refractivity contribution in [2.75, 3.05) is 33.7 Å². The minimum absolute atomic E-state index is 0.0253. The third kappa shape index (κ3) is 7.27. The van der Waals surface area contributed by atoms with Gasteiger partial charge < -0.3 is 35.1 Å². The molecule has 4 heterocycles. The second-order valence-electron chi connectivity index (χ2n) is 13.5. The molecule has 0 aliphatic carbocycles. The van der Waals surface area contributed by atoms with E-state index in [9.17, 15) is 19.5 Å². The van der Waals surface area contributed by atoms with Gasteiger partial charge >= 0.3 is 6.09 Å². The second kappa shape index (κ2) is 14.6. The van der Waals surface area contributed by atoms with E-state index in [2.05, 4.69) is 61.7 Å². The Kier molecular flexibility index (Phi) is 9.67. The Labute approximate surface area is 296 Å². The maximum Gasteiger partial charge on any atom is 0.405 e. The number of hydrogen-bond acceptors (Lipinski definition) is 6. The molecule has 12 nitrogen and oxygen atoms in total. The third-order valence-corrected chi connectivity index (χ3v) is 9.76. The molecule has 51 heavy (non-hydrogen) atoms. The topological polar surface area (TPSA) is 151 Å². The summed E-state index contributed by atoms with van der Waals surface area (Å²) < 4.78 is 0. The molecule has 7 rings (SSSR count). The Morgan fingerprint density at radius 3 is 1.76 bits per heavy atom. The van der Waals surface area contributed by atoms with Crippen molar-refractivity contribution in [3.8, 4) is 33.6 Å². The van der Waals surface area contributed by atoms with E-state index >= 15 is 0 Å². The molecule has 262 valence electrons. The average molecular weight is 687 g/mol. The van der Waals surface area contributed by atoms with E-state index in [0.29, 0.717) is 24.5 Å². The maximum atomic E-state index is 13.7. The molecule has 0 radical (unpaired) electrons. The predicted molar refractivity (Wildman–Crippen MR) is 193 cm³/mol. The summed E-state index contributed by atoms with van der Waals surface area (Å²) in [4.78, 5) is 59.8. The van der Waals surface area contributed by atoms with E-state index in [1.54, 1.807) is 35.4 Å². The van der Waals surface area contributed by atoms with Crippen molar-refractivity contribution < 1.29 is 19.5 Å². The molecule has 12 heteroatoms. The number of aromatic nitrogens is 4. The molecule has 3 atom stereocenters. The molecule has 5 aromatic rings. The normalized spacial score (nSPS) is 17.9. The van der Waals surface area contributed by atoms with Gasteiger partial charge in [-0.05, 0) is 67.6 Å². The molecule has 0 spiro atoms. The zero-order valence-corrected chi connectivity index (χ0v) is 28.8. The van der Waals surface area contributed by atoms with Crippen LogP contribution in [0.4, 0.5) is 4.79 Å². The summed E-state index contributed by atoms with van der Waals surface area (Å²) in [5, 5.41) is 11.9. The molecule has 3 amide bonds. The fourth-order valence-electron chi connectivity index (χ4n) is 7.24. The third-order valence-electron chi connectivity index (χ3n) is 9.76. The Bertz CT molecular complexity index is 1990. The zero-order valence-electron chi connectivity index (χ0n) is 28.8. The lowest BCUT2D eigenvalue weighted by molar-refractivity contribution is -0.134. The maximum absolute atomic E-state index is 13.7. The number of likely N-dealkylation sites (tertiary alicyclic amines) is 2. The highest BCUT2D eigenvalue weighted by Gasteiger charge is 2.37. The van der Waals surface area contributed by atoms with E-state index in [1.165, 1.54) is 0 Å². The molecule has 2 saturated heterocycles. The lowest BCUT2D eigenvalue weighted by Crippen LogP contribution is -2.42. The number of likely N-dealkylation sites (N-methyl/N-ethyl adjacent to an activating group) is 1. The SMILES string of the molecule is CN(C)CC(=O)N1CCC[C@H]1c1ncc(-c2ccc(-c3ccc(-c4cnc([C@@H]5CCCN5C(=O)[C@H](NC(=O)O)c5ccccc5)[nH]4)cc3)cc2)[nH]1. The van der Waals surface area contributed by atoms with Crippen molar-refractivity contribution in [1.29, 1.82) is 0 Å². The highest BCUT2D eigenvalue weighted by Crippen LogP contribution is 2.35. The van der Waals surface area contributed by atoms with E-state index in [4.69, 9.17) is 0 Å². The number of carbonyl (C=O) groups is 3. The predicted octanol–water partition coefficient (Wildman–Crippen LogP) is 6.03. The number of H-pyrrole nitrogens is 2. The van der Waals surface area contributed by atoms with Gasteiger partial charge in [0, 0.05) is 13.1 Å². The van der Waals surface area contributed by atoms with Crippen LogP contribution in [0.15, 0.2) is 91.3 Å². The Balaban J connectivity index is 1.02. The smallest absolute Gasteiger partial charge is 0.405 e. The number of hydrogen-bond donors (Lipinski definition) is 4. The van der Waals surface area contributed by atoms with Crippen LogP contribution < -0.4 is 5.32 Å². The first-order valence-electron chi connectivity index (χ1n) is 17.4. The van der Waals surface area contributed by atoms with Crippen LogP contribution in [0.5, 0.6) is 0 Å². The highest BCUT2D eigenvalue weighted by atomic mass is 16.4. The van der Waals surface area contributed by atoms with Crippen LogP contribution in [0.1, 0.15) is 61.0 Å². The van der Waals surface area contributed by atoms with Crippen molar-refractivity contribution in [2.24, 2.45) is 0 Å². The van der Waals surface area contributed by atoms with Crippen molar-refractivity contribution in [2.45, 2.75) is 43.8 Å². The summed E-state index contributed by atoms with van der Waals surface area (Å²) in [6.45, 7) is 1.67. The molecule has 2 aromatic heterocycles. The lowest BCUT2D eigenvalue weighted by Gasteiger charge is -2.28. The van der Waals surface area contributed by atoms with Crippen LogP contribution >= 0.6 is 0 Å². The second-order valence-corrected chi connectivity index (χ2v) is 13.5. The average Bonchev–Trinajstić information content (AvgIpc) is 3.97. The zero-order chi connectivity index (χ0) is 35.5. The molecule has 0 saturated carbocycles. The number of aromatic amines is 2. The van der Waals surface area contributed by atoms with Gasteiger partial charge in [0.15, 0.2) is 0 Å². The fraction of sp³-hybridized carbons (Fsp3) is 0.308. The van der Waals surface area contributed by atoms with Crippen molar-refractivity contribution >= 4 is 17.9 Å². The van der Waals surface area contributed by atoms with Gasteiger partial charge in [-0.25, -0.2) is 14.8 Å². The largest absolute Gasteiger partial charge is 0.465 e. The van der Waals surface area contributed by atoms with Gasteiger partial charge in [-0.2, -0.15) is 0 Å². The van der Waals surface area contributed by atoms with Crippen molar-refractivity contribution in [3.05, 3.63) is 108 Å². The molecule has 2 aliphatic heterocycles. The van der Waals surface area contributed by atoms with Crippen LogP contribution in [0.3, 0.4) is 0 Å². The van der Waals surface area contributed by atoms with Gasteiger partial charge in [-0.3, -0.25) is 9.59 Å². The van der Waals surface area contributed by atoms with Crippen LogP contribution in [0.25, 0.3) is 33.6 Å². The first-order chi connectivity index (χ1) is 24.7. The van der Waals surface area contributed by atoms with Gasteiger partial charge in [0.2, 0.25) is 5.91 Å². The number of carboxylic acid groups (broad SMARTS) is 1. The quantitative estimate of drug-likeness (QED) is 0.140. The van der Waals surface area contributed by atoms with Crippen LogP contribution in [0.2, 0.25) is 0 Å². The van der Waals surface area contributed by atoms with Crippen LogP contribution in [0, 0.1) is 0 Å². The number of rotatable bonds is 10. The Morgan fingerprint density at radius 1 is 0.765 bits per heavy atom. The van der Waals surface area contributed by atoms with Crippen molar-refractivity contribution in [3.63, 3.8) is 0 Å². The van der Waals surface area contributed by atoms with E-state index < -0.39 is 12.1 Å². The standard InChI is InChI=1S/C39H42N8O4/c1-45(2)24-34(48)46-20-6-10-32(46)36-40-22-30(42-36)27-16-12-25(13-17-27)26-14-18-28(19-15-26)31-23-41-37(43-31)33-11-7-21-47(33)38(49)35(44-39(50)51)29-8-4-3-5-9-29/h3-5,8-9,12-19,22-23,32-33,35,44H,6-7,10-11,20-21,24H2,1-2H3,(H,40,42)(H,41,43)(H,50,51)/t32-,33-,35+/m0/s1. The molecule has 0 unspecified atom stereocenters. The van der Waals surface area contributed by atoms with Crippen LogP contribution in [-0.2, 0) is 9.59 Å². The van der Waals surface area contributed by atoms with Gasteiger partial charge in [0.05, 0.1) is 42.4 Å². The first kappa shape index (κ1) is 33.7. The number of nitrogens with zero attached hydrogens (tertiary/aromatic N) is 5. The van der Waals surface area contributed by atoms with Crippen molar-refractivity contribution in [1.82, 2.24) is 40.0 Å². The summed E-state index contributed by atoms with van der Waals surface area (Å²) in [6.07, 6.45) is 5.79. The number of carbonyl (C=O) groups excluding carboxylic acids is 2. The van der Waals surface area contributed by atoms with E-state index in [0.717, 1.165) is 71.7 Å². The van der Waals surface area contributed by atoms with Gasteiger partial charge in [-0.1, -0.05) is 78.9 Å². The van der Waals surface area contributed by atoms with Gasteiger partial charge in [0.25, 0.3) is 5.91 Å². The van der Waals surface area contributed by atoms with Crippen LogP contribution in [-0.4, -0.2) is 91.4 Å². The number of amides is 3. The summed E-state index contributed by atoms with van der Waals surface area (Å²) in [7, 11) is 3.82. The minimum Gasteiger partial charge on any atom is -0.465 e. The molecule has 2 fully saturated rings. The summed E-state index contributed by atoms with van der Waals surface area (Å²) in [5.74, 6) is 1.34. The summed E-state index contributed by atoms with van der Waals surface area (Å²) >= 11 is 0. The number of imidazole rings is 2. The minimum atomic E-state index is -1.25. The fourth-order valence-corrected chi connectivity index (χ4v) is 7.24. The number of nitrogens with one attached hydrogen (secondary N) is 3. The number of benzene rings is 3. The Hall–Kier alpha value is -5.75. The highest BCUT2D eigenvalue weighted by molar-refractivity contribution is 5.87. The Morgan fingerprint density at radius 2 is 1.25 bits per heavy atom. The molecule has 4 N–H and O–H groups in total. The van der Waals surface area contributed by atoms with E-state index in [1.807, 2.05) is 48.3 Å². The first-order valence-corrected chi connectivity index (χ1v) is 17.4. The lowest BCUT2D eigenvalue weighted by atomic mass is 10.0. The molecule has 2 aliphatic rings. The molecular weight excluding hydrogens is 644 g/mol. The molecule has 3 aromatic carbocycles. The summed E-state index contributed by atoms with van der Waals surface area (Å²) in [5.41, 5.74) is 6.50. The van der Waals surface area contributed by atoms with E-state index in [-0.39, 0.29) is 23.9 Å². The van der Waals surface area contributed by atoms with Gasteiger partial charge in [0.1, 0.15) is 17.7 Å². The molecular formula is C39H42N8O4. The summed E-state index contributed by atoms with van der Waals surface area (Å²) in [6, 6.07) is 24.2.